The zero-order valence-electron chi connectivity index (χ0n) is 26.7. The average molecular weight is 680 g/mol. The molecule has 240 valence electrons. The lowest BCUT2D eigenvalue weighted by atomic mass is 10.0. The van der Waals surface area contributed by atoms with E-state index in [1.165, 1.54) is 5.56 Å². The predicted octanol–water partition coefficient (Wildman–Crippen LogP) is 7.56. The molecule has 3 aromatic rings. The molecule has 1 aromatic heterocycles. The maximum atomic E-state index is 13.2. The molecule has 45 heavy (non-hydrogen) atoms. The molecular weight excluding hydrogens is 636 g/mol. The number of anilines is 1. The maximum absolute atomic E-state index is 13.2. The van der Waals surface area contributed by atoms with E-state index in [4.69, 9.17) is 28.9 Å². The minimum absolute atomic E-state index is 0.00960. The number of ether oxygens (including phenoxy) is 4. The van der Waals surface area contributed by atoms with Crippen LogP contribution in [0.1, 0.15) is 89.4 Å². The lowest BCUT2D eigenvalue weighted by Gasteiger charge is -2.43. The van der Waals surface area contributed by atoms with E-state index in [9.17, 15) is 4.79 Å². The molecule has 1 spiro atoms. The molecular formula is C35H43BrN4O5. The highest BCUT2D eigenvalue weighted by molar-refractivity contribution is 9.10. The van der Waals surface area contributed by atoms with Gasteiger partial charge in [-0.25, -0.2) is 4.79 Å². The monoisotopic (exact) mass is 678 g/mol. The minimum atomic E-state index is -0.538. The molecule has 2 saturated carbocycles. The van der Waals surface area contributed by atoms with Gasteiger partial charge in [-0.2, -0.15) is 9.97 Å². The maximum Gasteiger partial charge on any atom is 0.410 e. The van der Waals surface area contributed by atoms with E-state index in [0.717, 1.165) is 71.0 Å². The van der Waals surface area contributed by atoms with Crippen LogP contribution < -0.4 is 14.4 Å². The molecule has 0 unspecified atom stereocenters. The second-order valence-electron chi connectivity index (χ2n) is 14.0. The van der Waals surface area contributed by atoms with Gasteiger partial charge in [0.1, 0.15) is 29.1 Å². The molecule has 0 radical (unpaired) electrons. The van der Waals surface area contributed by atoms with Gasteiger partial charge in [-0.1, -0.05) is 30.3 Å². The molecule has 4 fully saturated rings. The van der Waals surface area contributed by atoms with Crippen LogP contribution in [0.4, 0.5) is 10.6 Å². The second-order valence-corrected chi connectivity index (χ2v) is 14.8. The smallest absolute Gasteiger partial charge is 0.410 e. The van der Waals surface area contributed by atoms with Crippen LogP contribution in [0.5, 0.6) is 11.8 Å². The molecule has 2 aliphatic heterocycles. The Labute approximate surface area is 273 Å². The summed E-state index contributed by atoms with van der Waals surface area (Å²) >= 11 is 3.95. The number of fused-ring (bicyclic) bond motifs is 1. The van der Waals surface area contributed by atoms with Crippen LogP contribution in [0.25, 0.3) is 10.9 Å². The largest absolute Gasteiger partial charge is 0.483 e. The van der Waals surface area contributed by atoms with E-state index in [-0.39, 0.29) is 23.8 Å². The van der Waals surface area contributed by atoms with E-state index in [0.29, 0.717) is 44.8 Å². The van der Waals surface area contributed by atoms with Crippen LogP contribution in [0, 0.1) is 0 Å². The van der Waals surface area contributed by atoms with Crippen molar-refractivity contribution < 1.29 is 23.7 Å². The standard InChI is InChI=1S/C35H43BrN4O5/c1-22(23-8-6-5-7-9-23)43-30-28(36)26(24-10-11-24)20-27-29(30)37-32(44-25-12-18-42-19-13-25)38-31(27)39-16-17-40(35(21-39)14-15-35)33(41)45-34(2,3)4/h5-9,20,22,24-25H,10-19,21H2,1-4H3/t22-/m0/s1. The Hall–Kier alpha value is -3.11. The first-order valence-corrected chi connectivity index (χ1v) is 17.2. The number of hydrogen-bond acceptors (Lipinski definition) is 8. The Morgan fingerprint density at radius 3 is 2.47 bits per heavy atom. The highest BCUT2D eigenvalue weighted by Gasteiger charge is 2.54. The predicted molar refractivity (Wildman–Crippen MR) is 176 cm³/mol. The SMILES string of the molecule is C[C@H](Oc1c(Br)c(C2CC2)cc2c(N3CCN(C(=O)OC(C)(C)C)C4(CC4)C3)nc(OC3CCOCC3)nc12)c1ccccc1. The number of rotatable bonds is 7. The number of amides is 1. The number of piperazine rings is 1. The third kappa shape index (κ3) is 6.45. The number of nitrogens with zero attached hydrogens (tertiary/aromatic N) is 4. The lowest BCUT2D eigenvalue weighted by molar-refractivity contribution is 0.0105. The van der Waals surface area contributed by atoms with Gasteiger partial charge in [0.25, 0.3) is 0 Å². The lowest BCUT2D eigenvalue weighted by Crippen LogP contribution is -2.58. The Kier molecular flexibility index (Phi) is 8.09. The van der Waals surface area contributed by atoms with Gasteiger partial charge in [0.05, 0.1) is 23.2 Å². The van der Waals surface area contributed by atoms with E-state index in [2.05, 4.69) is 46.0 Å². The molecule has 2 aromatic carbocycles. The van der Waals surface area contributed by atoms with E-state index in [1.54, 1.807) is 0 Å². The molecule has 1 atom stereocenters. The zero-order chi connectivity index (χ0) is 31.3. The minimum Gasteiger partial charge on any atom is -0.483 e. The van der Waals surface area contributed by atoms with E-state index >= 15 is 0 Å². The molecule has 7 rings (SSSR count). The van der Waals surface area contributed by atoms with Gasteiger partial charge in [0, 0.05) is 37.9 Å². The Bertz CT molecular complexity index is 1560. The normalized spacial score (nSPS) is 20.7. The summed E-state index contributed by atoms with van der Waals surface area (Å²) in [6, 6.07) is 12.9. The summed E-state index contributed by atoms with van der Waals surface area (Å²) in [6.45, 7) is 11.0. The van der Waals surface area contributed by atoms with Crippen molar-refractivity contribution in [1.29, 1.82) is 0 Å². The second kappa shape index (κ2) is 11.9. The first-order valence-electron chi connectivity index (χ1n) is 16.4. The van der Waals surface area contributed by atoms with E-state index in [1.807, 2.05) is 43.9 Å². The Balaban J connectivity index is 1.30. The molecule has 9 nitrogen and oxygen atoms in total. The molecule has 3 heterocycles. The number of carbonyl (C=O) groups excluding carboxylic acids is 1. The average Bonchev–Trinajstić information content (AvgIpc) is 3.96. The topological polar surface area (TPSA) is 86.3 Å². The molecule has 2 saturated heterocycles. The van der Waals surface area contributed by atoms with Crippen LogP contribution in [-0.4, -0.2) is 71.1 Å². The molecule has 0 bridgehead atoms. The number of halogens is 1. The van der Waals surface area contributed by atoms with Crippen LogP contribution in [-0.2, 0) is 9.47 Å². The first kappa shape index (κ1) is 30.5. The van der Waals surface area contributed by atoms with Gasteiger partial charge in [0.2, 0.25) is 0 Å². The molecule has 2 aliphatic carbocycles. The van der Waals surface area contributed by atoms with Gasteiger partial charge in [-0.15, -0.1) is 0 Å². The Morgan fingerprint density at radius 1 is 1.07 bits per heavy atom. The summed E-state index contributed by atoms with van der Waals surface area (Å²) in [7, 11) is 0. The highest BCUT2D eigenvalue weighted by Crippen LogP contribution is 2.51. The van der Waals surface area contributed by atoms with Gasteiger partial charge >= 0.3 is 12.1 Å². The fourth-order valence-electron chi connectivity index (χ4n) is 6.53. The zero-order valence-corrected chi connectivity index (χ0v) is 28.3. The number of benzene rings is 2. The first-order chi connectivity index (χ1) is 21.6. The fraction of sp³-hybridized carbons (Fsp3) is 0.571. The summed E-state index contributed by atoms with van der Waals surface area (Å²) in [4.78, 5) is 27.7. The van der Waals surface area contributed by atoms with Crippen molar-refractivity contribution in [1.82, 2.24) is 14.9 Å². The highest BCUT2D eigenvalue weighted by atomic mass is 79.9. The number of carbonyl (C=O) groups is 1. The quantitative estimate of drug-likeness (QED) is 0.253. The van der Waals surface area contributed by atoms with Crippen molar-refractivity contribution >= 4 is 38.7 Å². The van der Waals surface area contributed by atoms with Gasteiger partial charge in [0.15, 0.2) is 5.75 Å². The van der Waals surface area contributed by atoms with Crippen molar-refractivity contribution in [2.24, 2.45) is 0 Å². The molecule has 1 amide bonds. The number of hydrogen-bond donors (Lipinski definition) is 0. The van der Waals surface area contributed by atoms with Crippen LogP contribution >= 0.6 is 15.9 Å². The Morgan fingerprint density at radius 2 is 1.80 bits per heavy atom. The fourth-order valence-corrected chi connectivity index (χ4v) is 7.25. The van der Waals surface area contributed by atoms with Crippen LogP contribution in [0.3, 0.4) is 0 Å². The van der Waals surface area contributed by atoms with Crippen molar-refractivity contribution in [2.75, 3.05) is 37.7 Å². The summed E-state index contributed by atoms with van der Waals surface area (Å²) < 4.78 is 25.6. The van der Waals surface area contributed by atoms with Crippen LogP contribution in [0.15, 0.2) is 40.9 Å². The molecule has 10 heteroatoms. The van der Waals surface area contributed by atoms with Gasteiger partial charge in [-0.05, 0) is 92.4 Å². The summed E-state index contributed by atoms with van der Waals surface area (Å²) in [6.07, 6.45) is 5.35. The third-order valence-electron chi connectivity index (χ3n) is 9.29. The van der Waals surface area contributed by atoms with Crippen molar-refractivity contribution in [3.8, 4) is 11.8 Å². The van der Waals surface area contributed by atoms with Crippen molar-refractivity contribution in [3.63, 3.8) is 0 Å². The van der Waals surface area contributed by atoms with Gasteiger partial charge in [-0.3, -0.25) is 4.90 Å². The number of aromatic nitrogens is 2. The van der Waals surface area contributed by atoms with Gasteiger partial charge < -0.3 is 23.8 Å². The van der Waals surface area contributed by atoms with Crippen LogP contribution in [0.2, 0.25) is 0 Å². The molecule has 4 aliphatic rings. The third-order valence-corrected chi connectivity index (χ3v) is 10.1. The molecule has 0 N–H and O–H groups in total. The summed E-state index contributed by atoms with van der Waals surface area (Å²) in [5.41, 5.74) is 2.27. The van der Waals surface area contributed by atoms with Crippen molar-refractivity contribution in [2.45, 2.75) is 95.5 Å². The van der Waals surface area contributed by atoms with Crippen molar-refractivity contribution in [3.05, 3.63) is 52.0 Å². The van der Waals surface area contributed by atoms with E-state index < -0.39 is 5.60 Å². The summed E-state index contributed by atoms with van der Waals surface area (Å²) in [5.74, 6) is 2.03. The summed E-state index contributed by atoms with van der Waals surface area (Å²) in [5, 5.41) is 0.955.